The lowest BCUT2D eigenvalue weighted by molar-refractivity contribution is 0.102. The number of nitrogen functional groups attached to an aromatic ring is 1. The molecule has 3 nitrogen and oxygen atoms in total. The molecule has 0 saturated carbocycles. The topological polar surface area (TPSA) is 55.1 Å². The van der Waals surface area contributed by atoms with Crippen molar-refractivity contribution in [3.8, 4) is 0 Å². The highest BCUT2D eigenvalue weighted by atomic mass is 19.1. The summed E-state index contributed by atoms with van der Waals surface area (Å²) in [6.07, 6.45) is 0. The van der Waals surface area contributed by atoms with Gasteiger partial charge in [-0.3, -0.25) is 4.79 Å². The molecule has 0 aliphatic carbocycles. The molecule has 4 heteroatoms. The average molecular weight is 230 g/mol. The Morgan fingerprint density at radius 3 is 2.35 bits per heavy atom. The molecule has 0 radical (unpaired) electrons. The normalized spacial score (nSPS) is 9.94. The highest BCUT2D eigenvalue weighted by Gasteiger charge is 2.08. The van der Waals surface area contributed by atoms with Gasteiger partial charge in [0, 0.05) is 11.3 Å². The molecule has 0 saturated heterocycles. The quantitative estimate of drug-likeness (QED) is 0.779. The van der Waals surface area contributed by atoms with Crippen LogP contribution in [0.25, 0.3) is 0 Å². The summed E-state index contributed by atoms with van der Waals surface area (Å²) in [6, 6.07) is 12.4. The first-order valence-corrected chi connectivity index (χ1v) is 5.08. The predicted octanol–water partition coefficient (Wildman–Crippen LogP) is 2.66. The Bertz CT molecular complexity index is 537. The lowest BCUT2D eigenvalue weighted by atomic mass is 10.2. The molecule has 0 aliphatic heterocycles. The summed E-state index contributed by atoms with van der Waals surface area (Å²) in [5, 5.41) is 2.49. The van der Waals surface area contributed by atoms with Gasteiger partial charge in [0.25, 0.3) is 5.91 Å². The fraction of sp³-hybridized carbons (Fsp3) is 0. The van der Waals surface area contributed by atoms with E-state index in [-0.39, 0.29) is 11.6 Å². The molecule has 3 N–H and O–H groups in total. The molecule has 2 aromatic carbocycles. The molecular weight excluding hydrogens is 219 g/mol. The summed E-state index contributed by atoms with van der Waals surface area (Å²) in [6.45, 7) is 0. The monoisotopic (exact) mass is 230 g/mol. The summed E-state index contributed by atoms with van der Waals surface area (Å²) in [5.41, 5.74) is 6.68. The number of amides is 1. The van der Waals surface area contributed by atoms with Gasteiger partial charge in [-0.15, -0.1) is 0 Å². The van der Waals surface area contributed by atoms with E-state index in [0.717, 1.165) is 0 Å². The van der Waals surface area contributed by atoms with Crippen LogP contribution in [0, 0.1) is 5.82 Å². The van der Waals surface area contributed by atoms with Crippen LogP contribution in [0.3, 0.4) is 0 Å². The predicted molar refractivity (Wildman–Crippen MR) is 65.2 cm³/mol. The summed E-state index contributed by atoms with van der Waals surface area (Å²) in [7, 11) is 0. The van der Waals surface area contributed by atoms with Crippen LogP contribution in [0.2, 0.25) is 0 Å². The molecule has 0 unspecified atom stereocenters. The zero-order valence-corrected chi connectivity index (χ0v) is 8.98. The first-order valence-electron chi connectivity index (χ1n) is 5.08. The zero-order valence-electron chi connectivity index (χ0n) is 8.98. The maximum Gasteiger partial charge on any atom is 0.255 e. The first-order chi connectivity index (χ1) is 8.16. The number of rotatable bonds is 2. The number of carbonyl (C=O) groups is 1. The second kappa shape index (κ2) is 4.65. The number of benzene rings is 2. The number of hydrogen-bond donors (Lipinski definition) is 2. The van der Waals surface area contributed by atoms with Crippen molar-refractivity contribution in [2.24, 2.45) is 0 Å². The second-order valence-corrected chi connectivity index (χ2v) is 3.56. The molecule has 0 atom stereocenters. The van der Waals surface area contributed by atoms with E-state index in [4.69, 9.17) is 5.73 Å². The van der Waals surface area contributed by atoms with Crippen molar-refractivity contribution in [2.75, 3.05) is 11.1 Å². The minimum Gasteiger partial charge on any atom is -0.399 e. The van der Waals surface area contributed by atoms with E-state index in [1.807, 2.05) is 0 Å². The van der Waals surface area contributed by atoms with Crippen molar-refractivity contribution >= 4 is 17.3 Å². The van der Waals surface area contributed by atoms with Gasteiger partial charge in [0.2, 0.25) is 0 Å². The van der Waals surface area contributed by atoms with E-state index < -0.39 is 5.82 Å². The minimum atomic E-state index is -0.462. The van der Waals surface area contributed by atoms with E-state index in [0.29, 0.717) is 11.3 Å². The molecular formula is C13H11FN2O. The third kappa shape index (κ3) is 2.60. The summed E-state index contributed by atoms with van der Waals surface area (Å²) in [4.78, 5) is 11.8. The van der Waals surface area contributed by atoms with E-state index in [1.165, 1.54) is 12.1 Å². The van der Waals surface area contributed by atoms with Gasteiger partial charge in [-0.05, 0) is 36.4 Å². The molecule has 0 aromatic heterocycles. The molecule has 1 amide bonds. The Hall–Kier alpha value is -2.36. The number of hydrogen-bond acceptors (Lipinski definition) is 2. The van der Waals surface area contributed by atoms with Gasteiger partial charge in [-0.2, -0.15) is 0 Å². The van der Waals surface area contributed by atoms with Gasteiger partial charge >= 0.3 is 0 Å². The molecule has 0 aliphatic rings. The van der Waals surface area contributed by atoms with E-state index in [9.17, 15) is 9.18 Å². The van der Waals surface area contributed by atoms with Gasteiger partial charge in [0.1, 0.15) is 5.82 Å². The standard InChI is InChI=1S/C13H11FN2O/c14-11-3-1-2-4-12(11)16-13(17)9-5-7-10(15)8-6-9/h1-8H,15H2,(H,16,17). The van der Waals surface area contributed by atoms with Crippen molar-refractivity contribution in [1.82, 2.24) is 0 Å². The lowest BCUT2D eigenvalue weighted by Crippen LogP contribution is -2.12. The molecule has 17 heavy (non-hydrogen) atoms. The van der Waals surface area contributed by atoms with Crippen LogP contribution in [0.1, 0.15) is 10.4 Å². The molecule has 86 valence electrons. The molecule has 0 bridgehead atoms. The minimum absolute atomic E-state index is 0.161. The van der Waals surface area contributed by atoms with Gasteiger partial charge in [0.05, 0.1) is 5.69 Å². The molecule has 0 heterocycles. The van der Waals surface area contributed by atoms with E-state index in [2.05, 4.69) is 5.32 Å². The van der Waals surface area contributed by atoms with Gasteiger partial charge < -0.3 is 11.1 Å². The van der Waals surface area contributed by atoms with Crippen molar-refractivity contribution in [3.05, 3.63) is 59.9 Å². The molecule has 0 fully saturated rings. The maximum absolute atomic E-state index is 13.3. The highest BCUT2D eigenvalue weighted by Crippen LogP contribution is 2.14. The molecule has 2 aromatic rings. The summed E-state index contributed by atoms with van der Waals surface area (Å²) >= 11 is 0. The number of nitrogens with one attached hydrogen (secondary N) is 1. The van der Waals surface area contributed by atoms with Crippen LogP contribution >= 0.6 is 0 Å². The molecule has 0 spiro atoms. The largest absolute Gasteiger partial charge is 0.399 e. The van der Waals surface area contributed by atoms with Crippen molar-refractivity contribution in [3.63, 3.8) is 0 Å². The fourth-order valence-corrected chi connectivity index (χ4v) is 1.39. The van der Waals surface area contributed by atoms with Gasteiger partial charge in [0.15, 0.2) is 0 Å². The van der Waals surface area contributed by atoms with Crippen LogP contribution in [-0.2, 0) is 0 Å². The van der Waals surface area contributed by atoms with Crippen LogP contribution in [0.15, 0.2) is 48.5 Å². The third-order valence-corrected chi connectivity index (χ3v) is 2.29. The van der Waals surface area contributed by atoms with Gasteiger partial charge in [-0.1, -0.05) is 12.1 Å². The smallest absolute Gasteiger partial charge is 0.255 e. The van der Waals surface area contributed by atoms with Crippen molar-refractivity contribution < 1.29 is 9.18 Å². The van der Waals surface area contributed by atoms with Crippen LogP contribution < -0.4 is 11.1 Å². The van der Waals surface area contributed by atoms with E-state index >= 15 is 0 Å². The van der Waals surface area contributed by atoms with Crippen molar-refractivity contribution in [2.45, 2.75) is 0 Å². The first kappa shape index (κ1) is 11.1. The lowest BCUT2D eigenvalue weighted by Gasteiger charge is -2.06. The number of halogens is 1. The zero-order chi connectivity index (χ0) is 12.3. The van der Waals surface area contributed by atoms with Crippen LogP contribution in [-0.4, -0.2) is 5.91 Å². The number of carbonyl (C=O) groups excluding carboxylic acids is 1. The number of anilines is 2. The average Bonchev–Trinajstić information content (AvgIpc) is 2.33. The van der Waals surface area contributed by atoms with Gasteiger partial charge in [-0.25, -0.2) is 4.39 Å². The summed E-state index contributed by atoms with van der Waals surface area (Å²) < 4.78 is 13.3. The Labute approximate surface area is 98.1 Å². The Morgan fingerprint density at radius 2 is 1.71 bits per heavy atom. The third-order valence-electron chi connectivity index (χ3n) is 2.29. The highest BCUT2D eigenvalue weighted by molar-refractivity contribution is 6.04. The van der Waals surface area contributed by atoms with Crippen molar-refractivity contribution in [1.29, 1.82) is 0 Å². The fourth-order valence-electron chi connectivity index (χ4n) is 1.39. The van der Waals surface area contributed by atoms with Crippen LogP contribution in [0.5, 0.6) is 0 Å². The maximum atomic E-state index is 13.3. The SMILES string of the molecule is Nc1ccc(C(=O)Nc2ccccc2F)cc1. The van der Waals surface area contributed by atoms with E-state index in [1.54, 1.807) is 36.4 Å². The summed E-state index contributed by atoms with van der Waals surface area (Å²) in [5.74, 6) is -0.827. The number of nitrogens with two attached hydrogens (primary N) is 1. The number of para-hydroxylation sites is 1. The Balaban J connectivity index is 2.17. The second-order valence-electron chi connectivity index (χ2n) is 3.56. The Morgan fingerprint density at radius 1 is 1.06 bits per heavy atom. The molecule has 2 rings (SSSR count). The van der Waals surface area contributed by atoms with Crippen LogP contribution in [0.4, 0.5) is 15.8 Å². The Kier molecular flexibility index (Phi) is 3.05.